The van der Waals surface area contributed by atoms with E-state index in [2.05, 4.69) is 23.6 Å². The van der Waals surface area contributed by atoms with E-state index in [0.717, 1.165) is 0 Å². The third kappa shape index (κ3) is 3.07. The first kappa shape index (κ1) is 7.45. The fraction of sp³-hybridized carbons (Fsp3) is 0. The van der Waals surface area contributed by atoms with E-state index in [4.69, 9.17) is 4.55 Å². The molecule has 0 amide bonds. The van der Waals surface area contributed by atoms with Crippen molar-refractivity contribution in [1.82, 2.24) is 3.34 Å². The Labute approximate surface area is 50.7 Å². The van der Waals surface area contributed by atoms with Crippen LogP contribution in [0, 0.1) is 0 Å². The second-order valence-corrected chi connectivity index (χ2v) is 3.16. The number of nitrogens with zero attached hydrogens (tertiary/aromatic N) is 1. The summed E-state index contributed by atoms with van der Waals surface area (Å²) in [5, 5.41) is 0. The first-order chi connectivity index (χ1) is 2.94. The molecular formula is HCl2NO3S. The maximum Gasteiger partial charge on any atom is 0.363 e. The Morgan fingerprint density at radius 2 is 1.57 bits per heavy atom. The van der Waals surface area contributed by atoms with Gasteiger partial charge in [0.15, 0.2) is 0 Å². The van der Waals surface area contributed by atoms with Crippen LogP contribution in [0.4, 0.5) is 0 Å². The maximum absolute atomic E-state index is 9.55. The van der Waals surface area contributed by atoms with Crippen molar-refractivity contribution in [1.29, 1.82) is 0 Å². The second-order valence-electron chi connectivity index (χ2n) is 0.650. The first-order valence-corrected chi connectivity index (χ1v) is 3.11. The maximum atomic E-state index is 9.55. The highest BCUT2D eigenvalue weighted by Gasteiger charge is 2.10. The van der Waals surface area contributed by atoms with Crippen molar-refractivity contribution in [3.8, 4) is 0 Å². The molecule has 0 spiro atoms. The van der Waals surface area contributed by atoms with Gasteiger partial charge in [0.2, 0.25) is 0 Å². The topological polar surface area (TPSA) is 57.6 Å². The molecule has 0 radical (unpaired) electrons. The van der Waals surface area contributed by atoms with E-state index in [1.54, 1.807) is 0 Å². The van der Waals surface area contributed by atoms with Crippen molar-refractivity contribution < 1.29 is 13.0 Å². The third-order valence-corrected chi connectivity index (χ3v) is 1.57. The average molecular weight is 166 g/mol. The SMILES string of the molecule is O=S(=O)(O)N(Cl)Cl. The highest BCUT2D eigenvalue weighted by atomic mass is 35.5. The summed E-state index contributed by atoms with van der Waals surface area (Å²) in [6, 6.07) is 0. The molecule has 4 nitrogen and oxygen atoms in total. The van der Waals surface area contributed by atoms with E-state index < -0.39 is 10.3 Å². The molecule has 0 aliphatic heterocycles. The molecule has 0 aromatic rings. The third-order valence-electron chi connectivity index (χ3n) is 0.174. The Balaban J connectivity index is 4.10. The Bertz CT molecular complexity index is 135. The Hall–Kier alpha value is 0.450. The van der Waals surface area contributed by atoms with Gasteiger partial charge in [-0.05, 0) is 0 Å². The van der Waals surface area contributed by atoms with Crippen molar-refractivity contribution in [2.45, 2.75) is 0 Å². The predicted octanol–water partition coefficient (Wildman–Crippen LogP) is 0.399. The van der Waals surface area contributed by atoms with Gasteiger partial charge in [-0.15, -0.1) is 0 Å². The molecule has 0 saturated heterocycles. The van der Waals surface area contributed by atoms with E-state index in [1.165, 1.54) is 0 Å². The smallest absolute Gasteiger partial charge is 0.272 e. The van der Waals surface area contributed by atoms with E-state index in [9.17, 15) is 8.42 Å². The van der Waals surface area contributed by atoms with Crippen LogP contribution in [-0.4, -0.2) is 16.3 Å². The van der Waals surface area contributed by atoms with Gasteiger partial charge in [-0.3, -0.25) is 4.55 Å². The van der Waals surface area contributed by atoms with Crippen molar-refractivity contribution in [3.05, 3.63) is 0 Å². The molecular weight excluding hydrogens is 165 g/mol. The van der Waals surface area contributed by atoms with Crippen LogP contribution in [0.25, 0.3) is 0 Å². The second kappa shape index (κ2) is 2.15. The fourth-order valence-corrected chi connectivity index (χ4v) is 0. The molecule has 0 atom stereocenters. The van der Waals surface area contributed by atoms with Gasteiger partial charge in [0.25, 0.3) is 0 Å². The summed E-state index contributed by atoms with van der Waals surface area (Å²) in [4.78, 5) is 0. The largest absolute Gasteiger partial charge is 0.363 e. The number of hydrogen-bond donors (Lipinski definition) is 1. The molecule has 0 heterocycles. The highest BCUT2D eigenvalue weighted by Crippen LogP contribution is 2.03. The monoisotopic (exact) mass is 165 g/mol. The van der Waals surface area contributed by atoms with E-state index >= 15 is 0 Å². The molecule has 0 saturated carbocycles. The quantitative estimate of drug-likeness (QED) is 0.453. The average Bonchev–Trinajstić information content (AvgIpc) is 1.31. The lowest BCUT2D eigenvalue weighted by atomic mass is 13.9. The highest BCUT2D eigenvalue weighted by molar-refractivity contribution is 7.85. The van der Waals surface area contributed by atoms with E-state index in [1.807, 2.05) is 0 Å². The Morgan fingerprint density at radius 1 is 1.43 bits per heavy atom. The van der Waals surface area contributed by atoms with Crippen molar-refractivity contribution in [2.75, 3.05) is 0 Å². The summed E-state index contributed by atoms with van der Waals surface area (Å²) >= 11 is 9.03. The number of hydrogen-bond acceptors (Lipinski definition) is 2. The van der Waals surface area contributed by atoms with E-state index in [0.29, 0.717) is 0 Å². The van der Waals surface area contributed by atoms with Crippen molar-refractivity contribution in [2.24, 2.45) is 0 Å². The summed E-state index contributed by atoms with van der Waals surface area (Å²) in [5.41, 5.74) is 0. The van der Waals surface area contributed by atoms with Gasteiger partial charge < -0.3 is 0 Å². The zero-order valence-electron chi connectivity index (χ0n) is 2.88. The van der Waals surface area contributed by atoms with Gasteiger partial charge in [-0.2, -0.15) is 8.42 Å². The minimum Gasteiger partial charge on any atom is -0.272 e. The van der Waals surface area contributed by atoms with Crippen molar-refractivity contribution >= 4 is 33.9 Å². The molecule has 0 aromatic carbocycles. The summed E-state index contributed by atoms with van der Waals surface area (Å²) in [5.74, 6) is 0. The predicted molar refractivity (Wildman–Crippen MR) is 25.1 cm³/mol. The van der Waals surface area contributed by atoms with Crippen LogP contribution in [0.5, 0.6) is 0 Å². The molecule has 0 bridgehead atoms. The lowest BCUT2D eigenvalue weighted by molar-refractivity contribution is 0.463. The normalized spacial score (nSPS) is 12.6. The van der Waals surface area contributed by atoms with Crippen LogP contribution in [0.2, 0.25) is 0 Å². The molecule has 7 heteroatoms. The summed E-state index contributed by atoms with van der Waals surface area (Å²) in [7, 11) is -4.38. The molecule has 0 fully saturated rings. The van der Waals surface area contributed by atoms with Crippen LogP contribution in [0.3, 0.4) is 0 Å². The standard InChI is InChI=1S/Cl2HNO3S/c1-3(2)7(4,5)6/h(H,4,5,6). The van der Waals surface area contributed by atoms with E-state index in [-0.39, 0.29) is 3.34 Å². The molecule has 0 aromatic heterocycles. The van der Waals surface area contributed by atoms with Gasteiger partial charge in [0, 0.05) is 26.9 Å². The molecule has 7 heavy (non-hydrogen) atoms. The van der Waals surface area contributed by atoms with Crippen LogP contribution >= 0.6 is 23.6 Å². The molecule has 0 unspecified atom stereocenters. The fourth-order valence-electron chi connectivity index (χ4n) is 0. The van der Waals surface area contributed by atoms with Crippen LogP contribution in [0.1, 0.15) is 0 Å². The summed E-state index contributed by atoms with van der Waals surface area (Å²) < 4.78 is 26.5. The molecule has 0 aliphatic rings. The van der Waals surface area contributed by atoms with Gasteiger partial charge in [-0.25, -0.2) is 0 Å². The summed E-state index contributed by atoms with van der Waals surface area (Å²) in [6.45, 7) is 0. The van der Waals surface area contributed by atoms with Gasteiger partial charge in [0.05, 0.1) is 0 Å². The minimum absolute atomic E-state index is 0.340. The summed E-state index contributed by atoms with van der Waals surface area (Å²) in [6.07, 6.45) is 0. The molecule has 0 aliphatic carbocycles. The number of halogens is 2. The van der Waals surface area contributed by atoms with Gasteiger partial charge in [-0.1, -0.05) is 0 Å². The van der Waals surface area contributed by atoms with Crippen LogP contribution in [-0.2, 0) is 10.3 Å². The van der Waals surface area contributed by atoms with Crippen molar-refractivity contribution in [3.63, 3.8) is 0 Å². The molecule has 0 rings (SSSR count). The van der Waals surface area contributed by atoms with Crippen LogP contribution in [0.15, 0.2) is 0 Å². The lowest BCUT2D eigenvalue weighted by Crippen LogP contribution is -2.08. The Morgan fingerprint density at radius 3 is 1.57 bits per heavy atom. The minimum atomic E-state index is -4.38. The zero-order valence-corrected chi connectivity index (χ0v) is 5.20. The van der Waals surface area contributed by atoms with Gasteiger partial charge in [0.1, 0.15) is 0 Å². The Kier molecular flexibility index (Phi) is 2.28. The van der Waals surface area contributed by atoms with Gasteiger partial charge >= 0.3 is 10.3 Å². The lowest BCUT2D eigenvalue weighted by Gasteiger charge is -1.93. The zero-order chi connectivity index (χ0) is 6.08. The number of rotatable bonds is 1. The molecule has 1 N–H and O–H groups in total. The molecule has 44 valence electrons. The first-order valence-electron chi connectivity index (χ1n) is 1.04. The van der Waals surface area contributed by atoms with Crippen LogP contribution < -0.4 is 0 Å².